The van der Waals surface area contributed by atoms with Gasteiger partial charge in [-0.15, -0.1) is 24.8 Å². The second-order valence-electron chi connectivity index (χ2n) is 6.07. The molecule has 144 valence electrons. The molecule has 2 atom stereocenters. The Kier molecular flexibility index (Phi) is 8.15. The number of halogens is 3. The van der Waals surface area contributed by atoms with Crippen molar-refractivity contribution in [3.05, 3.63) is 29.0 Å². The molecule has 0 radical (unpaired) electrons. The van der Waals surface area contributed by atoms with Crippen LogP contribution in [0.4, 0.5) is 0 Å². The Hall–Kier alpha value is -1.54. The second-order valence-corrected chi connectivity index (χ2v) is 6.48. The summed E-state index contributed by atoms with van der Waals surface area (Å²) in [6.07, 6.45) is 4.96. The number of aromatic amines is 1. The van der Waals surface area contributed by atoms with Crippen molar-refractivity contribution in [2.24, 2.45) is 5.73 Å². The minimum absolute atomic E-state index is 0. The number of amides is 2. The molecule has 2 aromatic heterocycles. The number of carbonyl (C=O) groups is 2. The van der Waals surface area contributed by atoms with E-state index in [0.717, 1.165) is 17.4 Å². The monoisotopic (exact) mass is 421 g/mol. The van der Waals surface area contributed by atoms with Crippen LogP contribution in [-0.4, -0.2) is 45.3 Å². The van der Waals surface area contributed by atoms with Crippen molar-refractivity contribution in [1.29, 1.82) is 0 Å². The molecular formula is C16H22Cl3N5O2. The van der Waals surface area contributed by atoms with Gasteiger partial charge >= 0.3 is 0 Å². The molecule has 0 bridgehead atoms. The van der Waals surface area contributed by atoms with Crippen LogP contribution in [0.2, 0.25) is 5.02 Å². The second kappa shape index (κ2) is 9.41. The van der Waals surface area contributed by atoms with Crippen LogP contribution in [0.15, 0.2) is 18.5 Å². The molecule has 3 rings (SSSR count). The Bertz CT molecular complexity index is 782. The summed E-state index contributed by atoms with van der Waals surface area (Å²) >= 11 is 6.08. The van der Waals surface area contributed by atoms with E-state index in [9.17, 15) is 9.59 Å². The first-order valence-corrected chi connectivity index (χ1v) is 8.29. The van der Waals surface area contributed by atoms with Gasteiger partial charge in [0.05, 0.1) is 17.1 Å². The average Bonchev–Trinajstić information content (AvgIpc) is 3.19. The van der Waals surface area contributed by atoms with Gasteiger partial charge in [-0.3, -0.25) is 14.5 Å². The van der Waals surface area contributed by atoms with E-state index in [1.54, 1.807) is 19.3 Å². The smallest absolute Gasteiger partial charge is 0.237 e. The maximum absolute atomic E-state index is 12.4. The number of nitrogens with two attached hydrogens (primary N) is 1. The summed E-state index contributed by atoms with van der Waals surface area (Å²) < 4.78 is 0. The summed E-state index contributed by atoms with van der Waals surface area (Å²) in [5.41, 5.74) is 6.98. The van der Waals surface area contributed by atoms with Gasteiger partial charge in [0.15, 0.2) is 0 Å². The Balaban J connectivity index is 0.00000169. The van der Waals surface area contributed by atoms with Crippen molar-refractivity contribution < 1.29 is 9.59 Å². The molecule has 7 nitrogen and oxygen atoms in total. The zero-order valence-corrected chi connectivity index (χ0v) is 16.6. The molecule has 0 aromatic carbocycles. The van der Waals surface area contributed by atoms with Crippen molar-refractivity contribution in [3.8, 4) is 0 Å². The third-order valence-corrected chi connectivity index (χ3v) is 4.82. The molecule has 10 heteroatoms. The normalized spacial score (nSPS) is 18.0. The number of carbonyl (C=O) groups excluding carboxylic acids is 2. The Labute approximate surface area is 168 Å². The summed E-state index contributed by atoms with van der Waals surface area (Å²) in [5.74, 6) is -0.507. The standard InChI is InChI=1S/C16H20ClN5O2.2ClH/c1-9(22-4-2-3-13(22)14(18)23)16(24)21-7-10-5-11-12(17)8-20-15(11)19-6-10;;/h5-6,8-9,13H,2-4,7H2,1H3,(H2,18,23)(H,19,20)(H,21,24);2*1H/t9-,13?;;/m0../s1. The lowest BCUT2D eigenvalue weighted by molar-refractivity contribution is -0.129. The van der Waals surface area contributed by atoms with E-state index >= 15 is 0 Å². The lowest BCUT2D eigenvalue weighted by Crippen LogP contribution is -2.50. The number of nitrogens with one attached hydrogen (secondary N) is 2. The molecule has 0 aliphatic carbocycles. The molecule has 0 saturated carbocycles. The molecule has 3 heterocycles. The lowest BCUT2D eigenvalue weighted by atomic mass is 10.1. The van der Waals surface area contributed by atoms with E-state index in [1.807, 2.05) is 11.0 Å². The summed E-state index contributed by atoms with van der Waals surface area (Å²) in [6.45, 7) is 2.85. The Morgan fingerprint density at radius 2 is 2.23 bits per heavy atom. The van der Waals surface area contributed by atoms with Crippen molar-refractivity contribution >= 4 is 59.3 Å². The average molecular weight is 423 g/mol. The van der Waals surface area contributed by atoms with Crippen LogP contribution >= 0.6 is 36.4 Å². The van der Waals surface area contributed by atoms with Gasteiger partial charge in [-0.1, -0.05) is 11.6 Å². The first-order chi connectivity index (χ1) is 11.5. The fourth-order valence-electron chi connectivity index (χ4n) is 3.16. The van der Waals surface area contributed by atoms with Crippen LogP contribution in [0.25, 0.3) is 11.0 Å². The molecule has 2 amide bonds. The SMILES string of the molecule is C[C@@H](C(=O)NCc1cnc2[nH]cc(Cl)c2c1)N1CCCC1C(N)=O.Cl.Cl. The van der Waals surface area contributed by atoms with E-state index in [0.29, 0.717) is 30.2 Å². The van der Waals surface area contributed by atoms with E-state index in [1.165, 1.54) is 0 Å². The molecule has 1 saturated heterocycles. The van der Waals surface area contributed by atoms with Crippen LogP contribution in [0.1, 0.15) is 25.3 Å². The maximum Gasteiger partial charge on any atom is 0.237 e. The number of fused-ring (bicyclic) bond motifs is 1. The number of hydrogen-bond donors (Lipinski definition) is 3. The summed E-state index contributed by atoms with van der Waals surface area (Å²) in [5, 5.41) is 4.31. The highest BCUT2D eigenvalue weighted by atomic mass is 35.5. The van der Waals surface area contributed by atoms with E-state index in [2.05, 4.69) is 15.3 Å². The Morgan fingerprint density at radius 3 is 2.92 bits per heavy atom. The summed E-state index contributed by atoms with van der Waals surface area (Å²) in [7, 11) is 0. The minimum atomic E-state index is -0.405. The molecule has 1 unspecified atom stereocenters. The number of pyridine rings is 1. The predicted octanol–water partition coefficient (Wildman–Crippen LogP) is 2.01. The molecule has 4 N–H and O–H groups in total. The topological polar surface area (TPSA) is 104 Å². The molecule has 0 spiro atoms. The molecule has 1 aliphatic rings. The van der Waals surface area contributed by atoms with Gasteiger partial charge in [0.2, 0.25) is 11.8 Å². The fourth-order valence-corrected chi connectivity index (χ4v) is 3.36. The molecule has 1 aliphatic heterocycles. The van der Waals surface area contributed by atoms with E-state index in [-0.39, 0.29) is 42.7 Å². The third-order valence-electron chi connectivity index (χ3n) is 4.50. The molecule has 1 fully saturated rings. The van der Waals surface area contributed by atoms with Gasteiger partial charge in [0, 0.05) is 24.3 Å². The summed E-state index contributed by atoms with van der Waals surface area (Å²) in [6, 6.07) is 1.13. The maximum atomic E-state index is 12.4. The quantitative estimate of drug-likeness (QED) is 0.685. The zero-order valence-electron chi connectivity index (χ0n) is 14.2. The number of hydrogen-bond acceptors (Lipinski definition) is 4. The number of rotatable bonds is 5. The first-order valence-electron chi connectivity index (χ1n) is 7.91. The third kappa shape index (κ3) is 4.59. The van der Waals surface area contributed by atoms with Crippen molar-refractivity contribution in [3.63, 3.8) is 0 Å². The number of likely N-dealkylation sites (tertiary alicyclic amines) is 1. The zero-order chi connectivity index (χ0) is 17.3. The van der Waals surface area contributed by atoms with E-state index in [4.69, 9.17) is 17.3 Å². The highest BCUT2D eigenvalue weighted by Gasteiger charge is 2.35. The molecule has 2 aromatic rings. The number of primary amides is 1. The lowest BCUT2D eigenvalue weighted by Gasteiger charge is -2.27. The van der Waals surface area contributed by atoms with Crippen LogP contribution in [0.3, 0.4) is 0 Å². The van der Waals surface area contributed by atoms with Gasteiger partial charge in [-0.2, -0.15) is 0 Å². The highest BCUT2D eigenvalue weighted by Crippen LogP contribution is 2.22. The van der Waals surface area contributed by atoms with Crippen LogP contribution in [0.5, 0.6) is 0 Å². The summed E-state index contributed by atoms with van der Waals surface area (Å²) in [4.78, 5) is 33.0. The fraction of sp³-hybridized carbons (Fsp3) is 0.438. The number of aromatic nitrogens is 2. The van der Waals surface area contributed by atoms with Crippen molar-refractivity contribution in [1.82, 2.24) is 20.2 Å². The van der Waals surface area contributed by atoms with Crippen LogP contribution in [0, 0.1) is 0 Å². The Morgan fingerprint density at radius 1 is 1.50 bits per heavy atom. The first kappa shape index (κ1) is 22.5. The number of nitrogens with zero attached hydrogens (tertiary/aromatic N) is 2. The highest BCUT2D eigenvalue weighted by molar-refractivity contribution is 6.35. The largest absolute Gasteiger partial charge is 0.368 e. The number of H-pyrrole nitrogens is 1. The van der Waals surface area contributed by atoms with Gasteiger partial charge in [0.1, 0.15) is 5.65 Å². The van der Waals surface area contributed by atoms with Gasteiger partial charge < -0.3 is 16.0 Å². The van der Waals surface area contributed by atoms with Crippen molar-refractivity contribution in [2.75, 3.05) is 6.54 Å². The van der Waals surface area contributed by atoms with Crippen molar-refractivity contribution in [2.45, 2.75) is 38.4 Å². The van der Waals surface area contributed by atoms with Gasteiger partial charge in [-0.05, 0) is 37.9 Å². The van der Waals surface area contributed by atoms with Gasteiger partial charge in [-0.25, -0.2) is 4.98 Å². The van der Waals surface area contributed by atoms with Gasteiger partial charge in [0.25, 0.3) is 0 Å². The molecular weight excluding hydrogens is 401 g/mol. The van der Waals surface area contributed by atoms with Crippen LogP contribution < -0.4 is 11.1 Å². The van der Waals surface area contributed by atoms with Crippen LogP contribution in [-0.2, 0) is 16.1 Å². The molecule has 26 heavy (non-hydrogen) atoms. The van der Waals surface area contributed by atoms with E-state index < -0.39 is 6.04 Å². The predicted molar refractivity (Wildman–Crippen MR) is 106 cm³/mol. The minimum Gasteiger partial charge on any atom is -0.368 e.